The highest BCUT2D eigenvalue weighted by Gasteiger charge is 2.29. The maximum Gasteiger partial charge on any atom is 0.446 e. The molecule has 8 heteroatoms. The minimum atomic E-state index is -4.32. The van der Waals surface area contributed by atoms with Gasteiger partial charge in [0.15, 0.2) is 0 Å². The van der Waals surface area contributed by atoms with Crippen molar-refractivity contribution < 1.29 is 18.0 Å². The molecule has 0 unspecified atom stereocenters. The van der Waals surface area contributed by atoms with Gasteiger partial charge in [-0.25, -0.2) is 0 Å². The number of carbonyl (C=O) groups is 1. The number of alkyl halides is 3. The molecule has 1 aromatic heterocycles. The molecule has 0 fully saturated rings. The molecule has 0 aliphatic rings. The zero-order chi connectivity index (χ0) is 18.7. The Balaban J connectivity index is 1.84. The second-order valence-electron chi connectivity index (χ2n) is 5.47. The van der Waals surface area contributed by atoms with E-state index >= 15 is 0 Å². The molecule has 2 aromatic carbocycles. The van der Waals surface area contributed by atoms with Crippen LogP contribution in [-0.4, -0.2) is 21.2 Å². The molecule has 134 valence electrons. The highest BCUT2D eigenvalue weighted by atomic mass is 32.2. The van der Waals surface area contributed by atoms with E-state index in [0.717, 1.165) is 0 Å². The minimum Gasteiger partial charge on any atom is -0.321 e. The molecule has 1 amide bonds. The van der Waals surface area contributed by atoms with Crippen LogP contribution in [0.4, 0.5) is 18.9 Å². The number of thioether (sulfide) groups is 1. The van der Waals surface area contributed by atoms with Crippen molar-refractivity contribution in [3.05, 3.63) is 66.5 Å². The summed E-state index contributed by atoms with van der Waals surface area (Å²) in [6.07, 6.45) is 3.06. The second-order valence-corrected chi connectivity index (χ2v) is 6.61. The number of nitrogens with zero attached hydrogens (tertiary/aromatic N) is 2. The Kier molecular flexibility index (Phi) is 5.03. The van der Waals surface area contributed by atoms with E-state index < -0.39 is 5.51 Å². The summed E-state index contributed by atoms with van der Waals surface area (Å²) in [7, 11) is 1.71. The maximum absolute atomic E-state index is 12.4. The van der Waals surface area contributed by atoms with Crippen molar-refractivity contribution in [2.45, 2.75) is 10.4 Å². The molecule has 0 saturated heterocycles. The number of para-hydroxylation sites is 1. The molecule has 0 aliphatic heterocycles. The molecule has 0 atom stereocenters. The summed E-state index contributed by atoms with van der Waals surface area (Å²) in [6, 6.07) is 13.1. The summed E-state index contributed by atoms with van der Waals surface area (Å²) < 4.78 is 38.9. The minimum absolute atomic E-state index is 0.109. The van der Waals surface area contributed by atoms with Gasteiger partial charge in [-0.3, -0.25) is 9.48 Å². The quantitative estimate of drug-likeness (QED) is 0.655. The lowest BCUT2D eigenvalue weighted by atomic mass is 10.0. The van der Waals surface area contributed by atoms with Crippen molar-refractivity contribution in [1.82, 2.24) is 9.78 Å². The Morgan fingerprint density at radius 3 is 2.42 bits per heavy atom. The van der Waals surface area contributed by atoms with Crippen molar-refractivity contribution in [3.63, 3.8) is 0 Å². The second kappa shape index (κ2) is 7.25. The van der Waals surface area contributed by atoms with Gasteiger partial charge in [0, 0.05) is 29.4 Å². The molecule has 0 bridgehead atoms. The first-order valence-electron chi connectivity index (χ1n) is 7.57. The molecule has 1 N–H and O–H groups in total. The average Bonchev–Trinajstić information content (AvgIpc) is 3.01. The number of carbonyl (C=O) groups excluding carboxylic acids is 1. The van der Waals surface area contributed by atoms with Crippen molar-refractivity contribution in [2.24, 2.45) is 7.05 Å². The standard InChI is InChI=1S/C18H14F3N3OS/c1-24-11-13(10-22-24)17(25)23-16-5-3-2-4-15(16)12-6-8-14(9-7-12)26-18(19,20)21/h2-11H,1H3,(H,23,25). The van der Waals surface area contributed by atoms with Gasteiger partial charge in [0.1, 0.15) is 0 Å². The number of nitrogens with one attached hydrogen (secondary N) is 1. The van der Waals surface area contributed by atoms with Crippen molar-refractivity contribution in [2.75, 3.05) is 5.32 Å². The number of benzene rings is 2. The number of hydrogen-bond donors (Lipinski definition) is 1. The van der Waals surface area contributed by atoms with Crippen LogP contribution in [0.15, 0.2) is 65.8 Å². The van der Waals surface area contributed by atoms with Gasteiger partial charge < -0.3 is 5.32 Å². The third kappa shape index (κ3) is 4.45. The largest absolute Gasteiger partial charge is 0.446 e. The summed E-state index contributed by atoms with van der Waals surface area (Å²) in [5.74, 6) is -0.310. The lowest BCUT2D eigenvalue weighted by Crippen LogP contribution is -2.11. The summed E-state index contributed by atoms with van der Waals surface area (Å²) >= 11 is -0.160. The Hall–Kier alpha value is -2.74. The number of rotatable bonds is 4. The van der Waals surface area contributed by atoms with Gasteiger partial charge in [0.05, 0.1) is 11.8 Å². The van der Waals surface area contributed by atoms with Crippen LogP contribution in [0.2, 0.25) is 0 Å². The molecule has 4 nitrogen and oxygen atoms in total. The molecule has 3 aromatic rings. The number of amides is 1. The Morgan fingerprint density at radius 1 is 1.12 bits per heavy atom. The van der Waals surface area contributed by atoms with E-state index in [1.165, 1.54) is 23.0 Å². The summed E-state index contributed by atoms with van der Waals surface area (Å²) in [4.78, 5) is 12.4. The molecule has 0 aliphatic carbocycles. The van der Waals surface area contributed by atoms with Crippen LogP contribution in [0.1, 0.15) is 10.4 Å². The molecular formula is C18H14F3N3OS. The van der Waals surface area contributed by atoms with E-state index in [1.807, 2.05) is 0 Å². The third-order valence-electron chi connectivity index (χ3n) is 3.54. The molecule has 26 heavy (non-hydrogen) atoms. The van der Waals surface area contributed by atoms with Crippen LogP contribution >= 0.6 is 11.8 Å². The van der Waals surface area contributed by atoms with Crippen LogP contribution in [0.25, 0.3) is 11.1 Å². The van der Waals surface area contributed by atoms with E-state index in [2.05, 4.69) is 10.4 Å². The number of aromatic nitrogens is 2. The van der Waals surface area contributed by atoms with Crippen LogP contribution < -0.4 is 5.32 Å². The monoisotopic (exact) mass is 377 g/mol. The van der Waals surface area contributed by atoms with Gasteiger partial charge in [-0.1, -0.05) is 30.3 Å². The molecular weight excluding hydrogens is 363 g/mol. The Bertz CT molecular complexity index is 920. The smallest absolute Gasteiger partial charge is 0.321 e. The van der Waals surface area contributed by atoms with Crippen LogP contribution in [-0.2, 0) is 7.05 Å². The van der Waals surface area contributed by atoms with Crippen molar-refractivity contribution in [3.8, 4) is 11.1 Å². The van der Waals surface area contributed by atoms with Crippen LogP contribution in [0, 0.1) is 0 Å². The lowest BCUT2D eigenvalue weighted by molar-refractivity contribution is -0.0328. The highest BCUT2D eigenvalue weighted by Crippen LogP contribution is 2.38. The molecule has 0 radical (unpaired) electrons. The first-order chi connectivity index (χ1) is 12.3. The zero-order valence-electron chi connectivity index (χ0n) is 13.6. The van der Waals surface area contributed by atoms with Crippen LogP contribution in [0.5, 0.6) is 0 Å². The first-order valence-corrected chi connectivity index (χ1v) is 8.39. The van der Waals surface area contributed by atoms with Gasteiger partial charge in [0.2, 0.25) is 0 Å². The fraction of sp³-hybridized carbons (Fsp3) is 0.111. The molecule has 0 spiro atoms. The number of anilines is 1. The average molecular weight is 377 g/mol. The van der Waals surface area contributed by atoms with E-state index in [0.29, 0.717) is 22.4 Å². The van der Waals surface area contributed by atoms with Crippen molar-refractivity contribution >= 4 is 23.4 Å². The topological polar surface area (TPSA) is 46.9 Å². The van der Waals surface area contributed by atoms with Crippen LogP contribution in [0.3, 0.4) is 0 Å². The lowest BCUT2D eigenvalue weighted by Gasteiger charge is -2.12. The van der Waals surface area contributed by atoms with Gasteiger partial charge in [-0.2, -0.15) is 18.3 Å². The number of halogens is 3. The molecule has 3 rings (SSSR count). The predicted molar refractivity (Wildman–Crippen MR) is 95.0 cm³/mol. The summed E-state index contributed by atoms with van der Waals surface area (Å²) in [6.45, 7) is 0. The van der Waals surface area contributed by atoms with E-state index in [9.17, 15) is 18.0 Å². The maximum atomic E-state index is 12.4. The Labute approximate surface area is 152 Å². The summed E-state index contributed by atoms with van der Waals surface area (Å²) in [5.41, 5.74) is -1.92. The highest BCUT2D eigenvalue weighted by molar-refractivity contribution is 8.00. The van der Waals surface area contributed by atoms with E-state index in [1.54, 1.807) is 49.6 Å². The Morgan fingerprint density at radius 2 is 1.81 bits per heavy atom. The fourth-order valence-electron chi connectivity index (χ4n) is 2.41. The van der Waals surface area contributed by atoms with Gasteiger partial charge >= 0.3 is 5.51 Å². The first kappa shape index (κ1) is 18.1. The normalized spacial score (nSPS) is 11.4. The van der Waals surface area contributed by atoms with Gasteiger partial charge in [-0.15, -0.1) is 0 Å². The molecule has 1 heterocycles. The van der Waals surface area contributed by atoms with E-state index in [4.69, 9.17) is 0 Å². The molecule has 0 saturated carbocycles. The van der Waals surface area contributed by atoms with E-state index in [-0.39, 0.29) is 22.6 Å². The number of aryl methyl sites for hydroxylation is 1. The third-order valence-corrected chi connectivity index (χ3v) is 4.28. The van der Waals surface area contributed by atoms with Gasteiger partial charge in [-0.05, 0) is 35.5 Å². The SMILES string of the molecule is Cn1cc(C(=O)Nc2ccccc2-c2ccc(SC(F)(F)F)cc2)cn1. The van der Waals surface area contributed by atoms with Crippen molar-refractivity contribution in [1.29, 1.82) is 0 Å². The fourth-order valence-corrected chi connectivity index (χ4v) is 2.95. The summed E-state index contributed by atoms with van der Waals surface area (Å²) in [5, 5.41) is 6.77. The van der Waals surface area contributed by atoms with Gasteiger partial charge in [0.25, 0.3) is 5.91 Å². The zero-order valence-corrected chi connectivity index (χ0v) is 14.4. The number of hydrogen-bond acceptors (Lipinski definition) is 3. The predicted octanol–water partition coefficient (Wildman–Crippen LogP) is 4.95.